The Hall–Kier alpha value is -1.70. The fraction of sp³-hybridized carbons (Fsp3) is 0.615. The summed E-state index contributed by atoms with van der Waals surface area (Å²) in [5.41, 5.74) is -0.235. The Morgan fingerprint density at radius 1 is 1.43 bits per heavy atom. The van der Waals surface area contributed by atoms with Gasteiger partial charge < -0.3 is 4.74 Å². The van der Waals surface area contributed by atoms with E-state index in [-0.39, 0.29) is 17.2 Å². The zero-order valence-corrected chi connectivity index (χ0v) is 12.5. The van der Waals surface area contributed by atoms with Crippen molar-refractivity contribution in [3.63, 3.8) is 0 Å². The quantitative estimate of drug-likeness (QED) is 0.814. The van der Waals surface area contributed by atoms with Gasteiger partial charge >= 0.3 is 5.97 Å². The molecule has 21 heavy (non-hydrogen) atoms. The van der Waals surface area contributed by atoms with E-state index in [0.717, 1.165) is 6.42 Å². The number of hydrogen-bond acceptors (Lipinski definition) is 6. The molecule has 1 aromatic rings. The summed E-state index contributed by atoms with van der Waals surface area (Å²) in [6, 6.07) is 1.64. The molecule has 0 atom stereocenters. The summed E-state index contributed by atoms with van der Waals surface area (Å²) in [7, 11) is -2.06. The van der Waals surface area contributed by atoms with Gasteiger partial charge in [0.15, 0.2) is 0 Å². The maximum absolute atomic E-state index is 12.0. The monoisotopic (exact) mass is 311 g/mol. The van der Waals surface area contributed by atoms with Crippen LogP contribution in [0.25, 0.3) is 0 Å². The van der Waals surface area contributed by atoms with Crippen LogP contribution in [0.1, 0.15) is 37.8 Å². The highest BCUT2D eigenvalue weighted by molar-refractivity contribution is 7.93. The Labute approximate surface area is 123 Å². The molecule has 8 heteroatoms. The fourth-order valence-electron chi connectivity index (χ4n) is 2.55. The van der Waals surface area contributed by atoms with Crippen molar-refractivity contribution in [2.75, 3.05) is 11.8 Å². The molecule has 2 aliphatic rings. The SMILES string of the molecule is COC(=O)C1(c2ccnc(NS(=O)(=O)C3CC3)n2)CCC1. The molecular weight excluding hydrogens is 294 g/mol. The predicted molar refractivity (Wildman–Crippen MR) is 75.1 cm³/mol. The van der Waals surface area contributed by atoms with Crippen LogP contribution in [0.3, 0.4) is 0 Å². The van der Waals surface area contributed by atoms with E-state index < -0.39 is 15.4 Å². The lowest BCUT2D eigenvalue weighted by molar-refractivity contribution is -0.151. The molecule has 0 unspecified atom stereocenters. The number of hydrogen-bond donors (Lipinski definition) is 1. The Bertz CT molecular complexity index is 666. The van der Waals surface area contributed by atoms with Crippen LogP contribution in [-0.2, 0) is 25.0 Å². The smallest absolute Gasteiger partial charge is 0.317 e. The highest BCUT2D eigenvalue weighted by Gasteiger charge is 2.48. The summed E-state index contributed by atoms with van der Waals surface area (Å²) in [6.45, 7) is 0. The summed E-state index contributed by atoms with van der Waals surface area (Å²) < 4.78 is 31.1. The average Bonchev–Trinajstić information content (AvgIpc) is 3.21. The normalized spacial score (nSPS) is 20.4. The number of anilines is 1. The number of aromatic nitrogens is 2. The van der Waals surface area contributed by atoms with Gasteiger partial charge in [-0.1, -0.05) is 6.42 Å². The first-order valence-electron chi connectivity index (χ1n) is 6.91. The van der Waals surface area contributed by atoms with Crippen molar-refractivity contribution in [2.24, 2.45) is 0 Å². The number of carbonyl (C=O) groups excluding carboxylic acids is 1. The first-order chi connectivity index (χ1) is 9.98. The number of ether oxygens (including phenoxy) is 1. The second kappa shape index (κ2) is 4.94. The highest BCUT2D eigenvalue weighted by atomic mass is 32.2. The molecule has 1 heterocycles. The number of carbonyl (C=O) groups is 1. The number of sulfonamides is 1. The van der Waals surface area contributed by atoms with Gasteiger partial charge in [0.25, 0.3) is 0 Å². The van der Waals surface area contributed by atoms with Crippen LogP contribution in [0.5, 0.6) is 0 Å². The molecule has 2 saturated carbocycles. The zero-order valence-electron chi connectivity index (χ0n) is 11.7. The maximum Gasteiger partial charge on any atom is 0.317 e. The van der Waals surface area contributed by atoms with Gasteiger partial charge in [-0.2, -0.15) is 0 Å². The number of nitrogens with zero attached hydrogens (tertiary/aromatic N) is 2. The van der Waals surface area contributed by atoms with Gasteiger partial charge in [0, 0.05) is 6.20 Å². The van der Waals surface area contributed by atoms with E-state index in [4.69, 9.17) is 4.74 Å². The number of nitrogens with one attached hydrogen (secondary N) is 1. The molecule has 0 bridgehead atoms. The minimum Gasteiger partial charge on any atom is -0.468 e. The minimum atomic E-state index is -3.41. The highest BCUT2D eigenvalue weighted by Crippen LogP contribution is 2.44. The molecule has 0 amide bonds. The molecule has 1 N–H and O–H groups in total. The second-order valence-electron chi connectivity index (χ2n) is 5.54. The molecule has 114 valence electrons. The molecular formula is C13H17N3O4S. The van der Waals surface area contributed by atoms with Crippen LogP contribution in [0.4, 0.5) is 5.95 Å². The molecule has 2 aliphatic carbocycles. The van der Waals surface area contributed by atoms with E-state index >= 15 is 0 Å². The lowest BCUT2D eigenvalue weighted by atomic mass is 9.66. The molecule has 0 saturated heterocycles. The van der Waals surface area contributed by atoms with Crippen LogP contribution in [-0.4, -0.2) is 36.7 Å². The first-order valence-corrected chi connectivity index (χ1v) is 8.46. The second-order valence-corrected chi connectivity index (χ2v) is 7.50. The Morgan fingerprint density at radius 3 is 2.67 bits per heavy atom. The third-order valence-corrected chi connectivity index (χ3v) is 5.94. The van der Waals surface area contributed by atoms with E-state index in [1.807, 2.05) is 0 Å². The molecule has 2 fully saturated rings. The lowest BCUT2D eigenvalue weighted by Crippen LogP contribution is -2.44. The third kappa shape index (κ3) is 2.48. The van der Waals surface area contributed by atoms with Crippen LogP contribution in [0, 0.1) is 0 Å². The zero-order chi connectivity index (χ0) is 15.1. The van der Waals surface area contributed by atoms with Crippen molar-refractivity contribution in [3.8, 4) is 0 Å². The standard InChI is InChI=1S/C13H17N3O4S/c1-20-11(17)13(6-2-7-13)10-5-8-14-12(15-10)16-21(18,19)9-3-4-9/h5,8-9H,2-4,6-7H2,1H3,(H,14,15,16). The van der Waals surface area contributed by atoms with Gasteiger partial charge in [0.2, 0.25) is 16.0 Å². The third-order valence-electron chi connectivity index (χ3n) is 4.13. The molecule has 0 spiro atoms. The molecule has 3 rings (SSSR count). The van der Waals surface area contributed by atoms with Crippen LogP contribution in [0.15, 0.2) is 12.3 Å². The number of esters is 1. The van der Waals surface area contributed by atoms with E-state index in [2.05, 4.69) is 14.7 Å². The molecule has 1 aromatic heterocycles. The summed E-state index contributed by atoms with van der Waals surface area (Å²) in [6.07, 6.45) is 5.04. The molecule has 7 nitrogen and oxygen atoms in total. The maximum atomic E-state index is 12.0. The van der Waals surface area contributed by atoms with Crippen molar-refractivity contribution in [1.29, 1.82) is 0 Å². The van der Waals surface area contributed by atoms with E-state index in [1.54, 1.807) is 6.07 Å². The van der Waals surface area contributed by atoms with Gasteiger partial charge in [-0.05, 0) is 31.7 Å². The average molecular weight is 311 g/mol. The summed E-state index contributed by atoms with van der Waals surface area (Å²) in [5.74, 6) is -0.307. The van der Waals surface area contributed by atoms with Gasteiger partial charge in [0.05, 0.1) is 18.1 Å². The number of methoxy groups -OCH3 is 1. The van der Waals surface area contributed by atoms with Crippen molar-refractivity contribution in [2.45, 2.75) is 42.8 Å². The van der Waals surface area contributed by atoms with Gasteiger partial charge in [-0.3, -0.25) is 9.52 Å². The first kappa shape index (κ1) is 14.2. The molecule has 0 radical (unpaired) electrons. The largest absolute Gasteiger partial charge is 0.468 e. The van der Waals surface area contributed by atoms with Crippen molar-refractivity contribution >= 4 is 21.9 Å². The Balaban J connectivity index is 1.88. The number of rotatable bonds is 5. The summed E-state index contributed by atoms with van der Waals surface area (Å²) in [4.78, 5) is 20.2. The van der Waals surface area contributed by atoms with E-state index in [1.165, 1.54) is 13.3 Å². The van der Waals surface area contributed by atoms with E-state index in [9.17, 15) is 13.2 Å². The van der Waals surface area contributed by atoms with Crippen molar-refractivity contribution in [3.05, 3.63) is 18.0 Å². The lowest BCUT2D eigenvalue weighted by Gasteiger charge is -2.38. The summed E-state index contributed by atoms with van der Waals surface area (Å²) in [5, 5.41) is -0.344. The molecule has 0 aromatic carbocycles. The predicted octanol–water partition coefficient (Wildman–Crippen LogP) is 0.975. The Morgan fingerprint density at radius 2 is 2.14 bits per heavy atom. The van der Waals surface area contributed by atoms with Gasteiger partial charge in [-0.25, -0.2) is 18.4 Å². The van der Waals surface area contributed by atoms with E-state index in [0.29, 0.717) is 31.4 Å². The van der Waals surface area contributed by atoms with Gasteiger partial charge in [0.1, 0.15) is 5.41 Å². The summed E-state index contributed by atoms with van der Waals surface area (Å²) >= 11 is 0. The van der Waals surface area contributed by atoms with Crippen LogP contribution in [0.2, 0.25) is 0 Å². The molecule has 0 aliphatic heterocycles. The van der Waals surface area contributed by atoms with Gasteiger partial charge in [-0.15, -0.1) is 0 Å². The van der Waals surface area contributed by atoms with Crippen LogP contribution >= 0.6 is 0 Å². The van der Waals surface area contributed by atoms with Crippen molar-refractivity contribution < 1.29 is 17.9 Å². The topological polar surface area (TPSA) is 98.2 Å². The van der Waals surface area contributed by atoms with Crippen LogP contribution < -0.4 is 4.72 Å². The Kier molecular flexibility index (Phi) is 3.35. The minimum absolute atomic E-state index is 0.0228. The van der Waals surface area contributed by atoms with Crippen molar-refractivity contribution in [1.82, 2.24) is 9.97 Å². The fourth-order valence-corrected chi connectivity index (χ4v) is 3.83.